The molecule has 0 spiro atoms. The lowest BCUT2D eigenvalue weighted by Gasteiger charge is -2.17. The molecule has 0 aromatic heterocycles. The molecule has 0 saturated heterocycles. The van der Waals surface area contributed by atoms with Crippen molar-refractivity contribution in [2.24, 2.45) is 0 Å². The second-order valence-electron chi connectivity index (χ2n) is 3.51. The van der Waals surface area contributed by atoms with E-state index in [1.807, 2.05) is 0 Å². The molecule has 0 heterocycles. The Balaban J connectivity index is 3.37. The number of benzene rings is 1. The number of methoxy groups -OCH3 is 2. The van der Waals surface area contributed by atoms with E-state index in [4.69, 9.17) is 0 Å². The Hall–Kier alpha value is -1.96. The Labute approximate surface area is 106 Å². The van der Waals surface area contributed by atoms with Crippen molar-refractivity contribution in [2.75, 3.05) is 14.2 Å². The van der Waals surface area contributed by atoms with Crippen molar-refractivity contribution in [1.29, 1.82) is 0 Å². The molecule has 1 atom stereocenters. The van der Waals surface area contributed by atoms with Crippen molar-refractivity contribution in [2.45, 2.75) is 12.3 Å². The third-order valence-electron chi connectivity index (χ3n) is 2.39. The number of esters is 1. The highest BCUT2D eigenvalue weighted by molar-refractivity contribution is 5.78. The van der Waals surface area contributed by atoms with Crippen LogP contribution in [0.25, 0.3) is 0 Å². The number of phenols is 1. The summed E-state index contributed by atoms with van der Waals surface area (Å²) in [5.41, 5.74) is -1.65. The Morgan fingerprint density at radius 2 is 1.89 bits per heavy atom. The first-order valence-electron chi connectivity index (χ1n) is 4.97. The average Bonchev–Trinajstić information content (AvgIpc) is 2.35. The first-order chi connectivity index (χ1) is 8.73. The van der Waals surface area contributed by atoms with Gasteiger partial charge in [0.15, 0.2) is 17.6 Å². The summed E-state index contributed by atoms with van der Waals surface area (Å²) in [6, 6.07) is 1.38. The Morgan fingerprint density at radius 3 is 2.32 bits per heavy atom. The van der Waals surface area contributed by atoms with E-state index in [-0.39, 0.29) is 0 Å². The standard InChI is InChI=1S/C11H11F3O5/c1-18-9-6(11(12,13)14)4-3-5(7(9)15)8(16)10(17)19-2/h3-4,8,15-16H,1-2H3. The molecule has 1 rings (SSSR count). The van der Waals surface area contributed by atoms with Crippen molar-refractivity contribution < 1.29 is 37.7 Å². The maximum atomic E-state index is 12.6. The van der Waals surface area contributed by atoms with Gasteiger partial charge < -0.3 is 19.7 Å². The molecule has 1 unspecified atom stereocenters. The number of phenolic OH excluding ortho intramolecular Hbond substituents is 1. The van der Waals surface area contributed by atoms with Crippen molar-refractivity contribution >= 4 is 5.97 Å². The zero-order valence-corrected chi connectivity index (χ0v) is 9.99. The lowest BCUT2D eigenvalue weighted by atomic mass is 10.0. The van der Waals surface area contributed by atoms with Gasteiger partial charge in [0.05, 0.1) is 14.2 Å². The van der Waals surface area contributed by atoms with Crippen LogP contribution in [-0.2, 0) is 15.7 Å². The Bertz CT molecular complexity index is 484. The highest BCUT2D eigenvalue weighted by Crippen LogP contribution is 2.44. The van der Waals surface area contributed by atoms with E-state index in [1.165, 1.54) is 0 Å². The van der Waals surface area contributed by atoms with Gasteiger partial charge in [-0.1, -0.05) is 6.07 Å². The maximum absolute atomic E-state index is 12.6. The minimum atomic E-state index is -4.74. The summed E-state index contributed by atoms with van der Waals surface area (Å²) >= 11 is 0. The number of aliphatic hydroxyl groups excluding tert-OH is 1. The molecule has 19 heavy (non-hydrogen) atoms. The van der Waals surface area contributed by atoms with Gasteiger partial charge in [0.2, 0.25) is 0 Å². The minimum absolute atomic E-state index is 0.434. The van der Waals surface area contributed by atoms with Crippen molar-refractivity contribution in [3.05, 3.63) is 23.3 Å². The largest absolute Gasteiger partial charge is 0.504 e. The number of aromatic hydroxyl groups is 1. The normalized spacial score (nSPS) is 12.9. The zero-order valence-electron chi connectivity index (χ0n) is 9.99. The molecule has 0 fully saturated rings. The van der Waals surface area contributed by atoms with Gasteiger partial charge in [0, 0.05) is 5.56 Å². The van der Waals surface area contributed by atoms with Gasteiger partial charge in [0.1, 0.15) is 5.56 Å². The van der Waals surface area contributed by atoms with E-state index in [1.54, 1.807) is 0 Å². The summed E-state index contributed by atoms with van der Waals surface area (Å²) in [6.45, 7) is 0. The Morgan fingerprint density at radius 1 is 1.32 bits per heavy atom. The topological polar surface area (TPSA) is 76.0 Å². The fourth-order valence-corrected chi connectivity index (χ4v) is 1.48. The first-order valence-corrected chi connectivity index (χ1v) is 4.97. The van der Waals surface area contributed by atoms with Gasteiger partial charge in [0.25, 0.3) is 0 Å². The van der Waals surface area contributed by atoms with Gasteiger partial charge in [-0.3, -0.25) is 0 Å². The molecule has 8 heteroatoms. The minimum Gasteiger partial charge on any atom is -0.504 e. The number of ether oxygens (including phenoxy) is 2. The molecule has 1 aromatic rings. The van der Waals surface area contributed by atoms with Crippen LogP contribution in [0.15, 0.2) is 12.1 Å². The quantitative estimate of drug-likeness (QED) is 0.823. The predicted octanol–water partition coefficient (Wildman–Crippen LogP) is 1.63. The average molecular weight is 280 g/mol. The molecule has 106 valence electrons. The van der Waals surface area contributed by atoms with Crippen LogP contribution in [0.5, 0.6) is 11.5 Å². The van der Waals surface area contributed by atoms with E-state index in [0.29, 0.717) is 6.07 Å². The molecule has 5 nitrogen and oxygen atoms in total. The maximum Gasteiger partial charge on any atom is 0.420 e. The second kappa shape index (κ2) is 5.35. The van der Waals surface area contributed by atoms with Crippen LogP contribution in [0.3, 0.4) is 0 Å². The van der Waals surface area contributed by atoms with Gasteiger partial charge in [-0.2, -0.15) is 13.2 Å². The number of aliphatic hydroxyl groups is 1. The second-order valence-corrected chi connectivity index (χ2v) is 3.51. The van der Waals surface area contributed by atoms with Crippen LogP contribution in [0.4, 0.5) is 13.2 Å². The van der Waals surface area contributed by atoms with Crippen molar-refractivity contribution in [1.82, 2.24) is 0 Å². The molecule has 0 aliphatic rings. The highest BCUT2D eigenvalue weighted by Gasteiger charge is 2.37. The lowest BCUT2D eigenvalue weighted by Crippen LogP contribution is -2.15. The number of carbonyl (C=O) groups excluding carboxylic acids is 1. The Kier molecular flexibility index (Phi) is 4.25. The molecule has 0 radical (unpaired) electrons. The summed E-state index contributed by atoms with van der Waals surface area (Å²) in [7, 11) is 1.92. The van der Waals surface area contributed by atoms with Gasteiger partial charge in [-0.25, -0.2) is 4.79 Å². The fraction of sp³-hybridized carbons (Fsp3) is 0.364. The predicted molar refractivity (Wildman–Crippen MR) is 56.6 cm³/mol. The summed E-state index contributed by atoms with van der Waals surface area (Å²) in [5, 5.41) is 19.2. The van der Waals surface area contributed by atoms with Crippen LogP contribution in [0, 0.1) is 0 Å². The molecule has 2 N–H and O–H groups in total. The van der Waals surface area contributed by atoms with Crippen LogP contribution in [-0.4, -0.2) is 30.4 Å². The van der Waals surface area contributed by atoms with Gasteiger partial charge >= 0.3 is 12.1 Å². The molecule has 0 aliphatic heterocycles. The van der Waals surface area contributed by atoms with Crippen LogP contribution < -0.4 is 4.74 Å². The lowest BCUT2D eigenvalue weighted by molar-refractivity contribution is -0.150. The number of hydrogen-bond donors (Lipinski definition) is 2. The van der Waals surface area contributed by atoms with Crippen LogP contribution >= 0.6 is 0 Å². The SMILES string of the molecule is COC(=O)C(O)c1ccc(C(F)(F)F)c(OC)c1O. The molecule has 1 aromatic carbocycles. The highest BCUT2D eigenvalue weighted by atomic mass is 19.4. The molecule has 0 bridgehead atoms. The number of carbonyl (C=O) groups is 1. The summed E-state index contributed by atoms with van der Waals surface area (Å²) < 4.78 is 46.6. The van der Waals surface area contributed by atoms with E-state index in [0.717, 1.165) is 20.3 Å². The third-order valence-corrected chi connectivity index (χ3v) is 2.39. The fourth-order valence-electron chi connectivity index (χ4n) is 1.48. The number of rotatable bonds is 3. The zero-order chi connectivity index (χ0) is 14.8. The van der Waals surface area contributed by atoms with E-state index in [2.05, 4.69) is 9.47 Å². The summed E-state index contributed by atoms with van der Waals surface area (Å²) in [5.74, 6) is -2.94. The summed E-state index contributed by atoms with van der Waals surface area (Å²) in [6.07, 6.45) is -6.64. The van der Waals surface area contributed by atoms with Gasteiger partial charge in [-0.15, -0.1) is 0 Å². The molecule has 0 amide bonds. The summed E-state index contributed by atoms with van der Waals surface area (Å²) in [4.78, 5) is 11.1. The number of hydrogen-bond acceptors (Lipinski definition) is 5. The van der Waals surface area contributed by atoms with Gasteiger partial charge in [-0.05, 0) is 6.07 Å². The van der Waals surface area contributed by atoms with Crippen LogP contribution in [0.2, 0.25) is 0 Å². The van der Waals surface area contributed by atoms with Crippen LogP contribution in [0.1, 0.15) is 17.2 Å². The van der Waals surface area contributed by atoms with E-state index < -0.39 is 40.9 Å². The molecule has 0 saturated carbocycles. The molecule has 0 aliphatic carbocycles. The van der Waals surface area contributed by atoms with Crippen molar-refractivity contribution in [3.63, 3.8) is 0 Å². The van der Waals surface area contributed by atoms with Crippen molar-refractivity contribution in [3.8, 4) is 11.5 Å². The monoisotopic (exact) mass is 280 g/mol. The van der Waals surface area contributed by atoms with E-state index in [9.17, 15) is 28.2 Å². The molecular weight excluding hydrogens is 269 g/mol. The number of halogens is 3. The smallest absolute Gasteiger partial charge is 0.420 e. The first kappa shape index (κ1) is 15.1. The molecular formula is C11H11F3O5. The van der Waals surface area contributed by atoms with E-state index >= 15 is 0 Å². The number of alkyl halides is 3. The third kappa shape index (κ3) is 2.90.